The van der Waals surface area contributed by atoms with Gasteiger partial charge in [0.25, 0.3) is 5.85 Å². The van der Waals surface area contributed by atoms with Gasteiger partial charge in [0.05, 0.1) is 19.3 Å². The quantitative estimate of drug-likeness (QED) is 0.134. The molecule has 16 nitrogen and oxygen atoms in total. The van der Waals surface area contributed by atoms with Crippen molar-refractivity contribution in [3.05, 3.63) is 0 Å². The van der Waals surface area contributed by atoms with E-state index >= 15 is 0 Å². The van der Waals surface area contributed by atoms with E-state index in [1.807, 2.05) is 0 Å². The first kappa shape index (κ1) is 31.4. The second-order valence-corrected chi connectivity index (χ2v) is 9.45. The third-order valence-electron chi connectivity index (χ3n) is 6.77. The van der Waals surface area contributed by atoms with Gasteiger partial charge in [-0.25, -0.2) is 4.39 Å². The molecule has 0 aromatic carbocycles. The summed E-state index contributed by atoms with van der Waals surface area (Å²) in [5.74, 6) is -4.27. The van der Waals surface area contributed by atoms with Crippen molar-refractivity contribution in [1.82, 2.24) is 5.32 Å². The van der Waals surface area contributed by atoms with Crippen LogP contribution in [0.4, 0.5) is 4.39 Å². The first-order chi connectivity index (χ1) is 17.7. The summed E-state index contributed by atoms with van der Waals surface area (Å²) in [6.07, 6.45) is -20.9. The lowest BCUT2D eigenvalue weighted by molar-refractivity contribution is -0.381. The number of carbonyl (C=O) groups excluding carboxylic acids is 1. The van der Waals surface area contributed by atoms with Gasteiger partial charge in [-0.3, -0.25) is 4.79 Å². The van der Waals surface area contributed by atoms with E-state index in [1.165, 1.54) is 14.0 Å². The van der Waals surface area contributed by atoms with Crippen LogP contribution in [0.5, 0.6) is 0 Å². The van der Waals surface area contributed by atoms with Crippen LogP contribution < -0.4 is 5.32 Å². The minimum absolute atomic E-state index is 0.466. The molecule has 222 valence electrons. The normalized spacial score (nSPS) is 50.0. The Hall–Kier alpha value is -1.16. The van der Waals surface area contributed by atoms with Crippen molar-refractivity contribution in [1.29, 1.82) is 0 Å². The van der Waals surface area contributed by atoms with E-state index in [1.54, 1.807) is 0 Å². The van der Waals surface area contributed by atoms with Crippen LogP contribution in [0.3, 0.4) is 0 Å². The average molecular weight is 562 g/mol. The van der Waals surface area contributed by atoms with E-state index in [-0.39, 0.29) is 0 Å². The summed E-state index contributed by atoms with van der Waals surface area (Å²) in [5.41, 5.74) is 0. The van der Waals surface area contributed by atoms with Gasteiger partial charge in [0.2, 0.25) is 5.91 Å². The Kier molecular flexibility index (Phi) is 10.4. The number of halogens is 1. The minimum Gasteiger partial charge on any atom is -0.393 e. The maximum atomic E-state index is 14.7. The van der Waals surface area contributed by atoms with Gasteiger partial charge in [-0.05, 0) is 6.92 Å². The highest BCUT2D eigenvalue weighted by Crippen LogP contribution is 2.35. The zero-order valence-corrected chi connectivity index (χ0v) is 20.8. The first-order valence-corrected chi connectivity index (χ1v) is 11.9. The Bertz CT molecular complexity index is 794. The molecule has 3 saturated heterocycles. The van der Waals surface area contributed by atoms with Gasteiger partial charge in [-0.2, -0.15) is 0 Å². The molecule has 38 heavy (non-hydrogen) atoms. The Morgan fingerprint density at radius 2 is 1.61 bits per heavy atom. The van der Waals surface area contributed by atoms with E-state index in [0.717, 1.165) is 6.92 Å². The Balaban J connectivity index is 1.82. The van der Waals surface area contributed by atoms with Crippen LogP contribution in [-0.2, 0) is 33.2 Å². The highest BCUT2D eigenvalue weighted by molar-refractivity contribution is 5.73. The van der Waals surface area contributed by atoms with Crippen molar-refractivity contribution < 1.29 is 78.5 Å². The third kappa shape index (κ3) is 6.26. The standard InChI is InChI=1S/C21H36FNO15/c1-6-11(26)12(27)16(20(35-6)34-5-8-15(33-3)13(28)14(29)18(31)36-8)38-19-10(23-7(2)25)17(30)21(22,32)9(4-24)37-19/h6,8-20,24,26-32H,4-5H2,1-3H3,(H,23,25)/t6-,8-,9-,10+,11-,12+,13-,14-,15-,16+,17-,18+,19+,20-,21-/m1/s1. The summed E-state index contributed by atoms with van der Waals surface area (Å²) in [7, 11) is 1.22. The van der Waals surface area contributed by atoms with Crippen LogP contribution in [0.25, 0.3) is 0 Å². The molecule has 1 amide bonds. The molecule has 9 N–H and O–H groups in total. The van der Waals surface area contributed by atoms with Crippen molar-refractivity contribution in [3.63, 3.8) is 0 Å². The van der Waals surface area contributed by atoms with E-state index < -0.39 is 111 Å². The lowest BCUT2D eigenvalue weighted by atomic mass is 9.94. The van der Waals surface area contributed by atoms with Crippen LogP contribution in [0.2, 0.25) is 0 Å². The molecule has 17 heteroatoms. The van der Waals surface area contributed by atoms with Crippen molar-refractivity contribution in [2.24, 2.45) is 0 Å². The number of methoxy groups -OCH3 is 1. The fraction of sp³-hybridized carbons (Fsp3) is 0.952. The SMILES string of the molecule is CO[C@H]1[C@H](O)[C@@H](O)[C@@H](O)O[C@@H]1CO[C@@H]1O[C@H](C)[C@@H](O)[C@H](O)[C@@H]1O[C@@H]1O[C@H](CO)[C@](O)(F)[C@H](O)[C@@H]1NC(C)=O. The molecule has 0 spiro atoms. The predicted octanol–water partition coefficient (Wildman–Crippen LogP) is -5.45. The Labute approximate surface area is 216 Å². The topological polar surface area (TPSA) is 246 Å². The summed E-state index contributed by atoms with van der Waals surface area (Å²) >= 11 is 0. The molecule has 15 atom stereocenters. The fourth-order valence-corrected chi connectivity index (χ4v) is 4.57. The van der Waals surface area contributed by atoms with E-state index in [9.17, 15) is 50.0 Å². The number of hydrogen-bond acceptors (Lipinski definition) is 15. The highest BCUT2D eigenvalue weighted by Gasteiger charge is 2.58. The summed E-state index contributed by atoms with van der Waals surface area (Å²) < 4.78 is 47.3. The number of ether oxygens (including phenoxy) is 6. The number of rotatable bonds is 8. The highest BCUT2D eigenvalue weighted by atomic mass is 19.2. The van der Waals surface area contributed by atoms with Gasteiger partial charge < -0.3 is 74.6 Å². The largest absolute Gasteiger partial charge is 0.393 e. The zero-order valence-electron chi connectivity index (χ0n) is 20.8. The molecule has 0 aromatic heterocycles. The molecule has 0 saturated carbocycles. The maximum absolute atomic E-state index is 14.7. The minimum atomic E-state index is -3.49. The summed E-state index contributed by atoms with van der Waals surface area (Å²) in [5, 5.41) is 82.9. The van der Waals surface area contributed by atoms with E-state index in [4.69, 9.17) is 28.4 Å². The number of aliphatic hydroxyl groups is 8. The summed E-state index contributed by atoms with van der Waals surface area (Å²) in [4.78, 5) is 11.7. The molecule has 3 rings (SSSR count). The number of nitrogens with one attached hydrogen (secondary N) is 1. The third-order valence-corrected chi connectivity index (χ3v) is 6.77. The number of aliphatic hydroxyl groups excluding tert-OH is 7. The van der Waals surface area contributed by atoms with Gasteiger partial charge in [0.15, 0.2) is 18.9 Å². The van der Waals surface area contributed by atoms with Crippen molar-refractivity contribution >= 4 is 5.91 Å². The lowest BCUT2D eigenvalue weighted by Gasteiger charge is -2.48. The summed E-state index contributed by atoms with van der Waals surface area (Å²) in [6.45, 7) is 0.872. The average Bonchev–Trinajstić information content (AvgIpc) is 2.85. The second-order valence-electron chi connectivity index (χ2n) is 9.45. The smallest absolute Gasteiger partial charge is 0.263 e. The van der Waals surface area contributed by atoms with Crippen LogP contribution in [0.15, 0.2) is 0 Å². The second kappa shape index (κ2) is 12.6. The van der Waals surface area contributed by atoms with Gasteiger partial charge in [-0.15, -0.1) is 0 Å². The molecule has 0 unspecified atom stereocenters. The monoisotopic (exact) mass is 561 g/mol. The molecule has 0 radical (unpaired) electrons. The molecule has 0 aromatic rings. The van der Waals surface area contributed by atoms with Crippen molar-refractivity contribution in [2.45, 2.75) is 106 Å². The summed E-state index contributed by atoms with van der Waals surface area (Å²) in [6, 6.07) is -1.75. The molecule has 3 aliphatic rings. The van der Waals surface area contributed by atoms with Crippen LogP contribution in [-0.4, -0.2) is 159 Å². The van der Waals surface area contributed by atoms with E-state index in [0.29, 0.717) is 0 Å². The molecule has 0 aliphatic carbocycles. The maximum Gasteiger partial charge on any atom is 0.263 e. The van der Waals surface area contributed by atoms with Crippen molar-refractivity contribution in [3.8, 4) is 0 Å². The number of carbonyl (C=O) groups is 1. The van der Waals surface area contributed by atoms with Crippen LogP contribution in [0, 0.1) is 0 Å². The number of amides is 1. The molecular formula is C21H36FNO15. The van der Waals surface area contributed by atoms with Gasteiger partial charge in [0, 0.05) is 14.0 Å². The molecule has 3 aliphatic heterocycles. The number of hydrogen-bond donors (Lipinski definition) is 9. The van der Waals surface area contributed by atoms with Crippen LogP contribution >= 0.6 is 0 Å². The van der Waals surface area contributed by atoms with Gasteiger partial charge >= 0.3 is 0 Å². The van der Waals surface area contributed by atoms with Gasteiger partial charge in [0.1, 0.15) is 61.0 Å². The van der Waals surface area contributed by atoms with E-state index in [2.05, 4.69) is 5.32 Å². The molecular weight excluding hydrogens is 525 g/mol. The molecule has 3 heterocycles. The molecule has 3 fully saturated rings. The first-order valence-electron chi connectivity index (χ1n) is 11.9. The Morgan fingerprint density at radius 1 is 0.974 bits per heavy atom. The predicted molar refractivity (Wildman–Crippen MR) is 116 cm³/mol. The van der Waals surface area contributed by atoms with Crippen molar-refractivity contribution in [2.75, 3.05) is 20.3 Å². The molecule has 0 bridgehead atoms. The van der Waals surface area contributed by atoms with Gasteiger partial charge in [-0.1, -0.05) is 0 Å². The number of alkyl halides is 1. The zero-order chi connectivity index (χ0) is 28.5. The van der Waals surface area contributed by atoms with Crippen LogP contribution in [0.1, 0.15) is 13.8 Å². The fourth-order valence-electron chi connectivity index (χ4n) is 4.57. The Morgan fingerprint density at radius 3 is 2.18 bits per heavy atom. The lowest BCUT2D eigenvalue weighted by Crippen LogP contribution is -2.71.